The second-order valence-electron chi connectivity index (χ2n) is 5.49. The van der Waals surface area contributed by atoms with Gasteiger partial charge in [0.25, 0.3) is 0 Å². The van der Waals surface area contributed by atoms with E-state index in [0.29, 0.717) is 11.9 Å². The third-order valence-electron chi connectivity index (χ3n) is 3.42. The smallest absolute Gasteiger partial charge is 0.236 e. The van der Waals surface area contributed by atoms with Crippen molar-refractivity contribution in [2.24, 2.45) is 0 Å². The molecule has 3 aromatic heterocycles. The van der Waals surface area contributed by atoms with Crippen LogP contribution in [0.3, 0.4) is 0 Å². The van der Waals surface area contributed by atoms with E-state index in [4.69, 9.17) is 0 Å². The third kappa shape index (κ3) is 3.27. The number of imidazole rings is 1. The summed E-state index contributed by atoms with van der Waals surface area (Å²) in [5, 5.41) is 0. The lowest BCUT2D eigenvalue weighted by Crippen LogP contribution is -2.08. The van der Waals surface area contributed by atoms with Crippen molar-refractivity contribution < 1.29 is 0 Å². The van der Waals surface area contributed by atoms with Crippen molar-refractivity contribution in [2.75, 3.05) is 0 Å². The summed E-state index contributed by atoms with van der Waals surface area (Å²) in [7, 11) is 0. The van der Waals surface area contributed by atoms with Gasteiger partial charge in [-0.05, 0) is 30.9 Å². The van der Waals surface area contributed by atoms with Crippen molar-refractivity contribution in [2.45, 2.75) is 26.7 Å². The molecule has 0 unspecified atom stereocenters. The zero-order valence-electron chi connectivity index (χ0n) is 13.4. The summed E-state index contributed by atoms with van der Waals surface area (Å²) in [6.07, 6.45) is 8.68. The molecule has 3 aromatic rings. The van der Waals surface area contributed by atoms with Crippen molar-refractivity contribution in [3.8, 4) is 17.8 Å². The first-order valence-corrected chi connectivity index (χ1v) is 7.44. The molecule has 0 amide bonds. The molecule has 0 aliphatic heterocycles. The van der Waals surface area contributed by atoms with E-state index in [2.05, 4.69) is 45.6 Å². The van der Waals surface area contributed by atoms with Gasteiger partial charge in [-0.3, -0.25) is 9.55 Å². The minimum atomic E-state index is 0.296. The molecule has 3 rings (SSSR count). The highest BCUT2D eigenvalue weighted by molar-refractivity contribution is 5.45. The topological polar surface area (TPSA) is 56.5 Å². The lowest BCUT2D eigenvalue weighted by Gasteiger charge is -2.13. The van der Waals surface area contributed by atoms with Crippen LogP contribution in [0.4, 0.5) is 0 Å². The first-order valence-electron chi connectivity index (χ1n) is 7.44. The summed E-state index contributed by atoms with van der Waals surface area (Å²) in [6, 6.07) is 3.80. The molecule has 0 saturated heterocycles. The van der Waals surface area contributed by atoms with Gasteiger partial charge in [0, 0.05) is 41.6 Å². The van der Waals surface area contributed by atoms with Crippen molar-refractivity contribution >= 4 is 0 Å². The van der Waals surface area contributed by atoms with E-state index in [9.17, 15) is 0 Å². The molecule has 23 heavy (non-hydrogen) atoms. The Morgan fingerprint density at radius 2 is 1.96 bits per heavy atom. The van der Waals surface area contributed by atoms with E-state index in [0.717, 1.165) is 22.5 Å². The molecule has 0 spiro atoms. The molecular formula is C18H17N5. The van der Waals surface area contributed by atoms with E-state index in [-0.39, 0.29) is 0 Å². The fraction of sp³-hybridized carbons (Fsp3) is 0.222. The highest BCUT2D eigenvalue weighted by Crippen LogP contribution is 2.21. The van der Waals surface area contributed by atoms with E-state index >= 15 is 0 Å². The van der Waals surface area contributed by atoms with Crippen LogP contribution in [0.5, 0.6) is 0 Å². The fourth-order valence-corrected chi connectivity index (χ4v) is 2.41. The van der Waals surface area contributed by atoms with Gasteiger partial charge in [0.1, 0.15) is 12.0 Å². The average molecular weight is 303 g/mol. The molecule has 114 valence electrons. The Kier molecular flexibility index (Phi) is 4.15. The second-order valence-corrected chi connectivity index (χ2v) is 5.49. The Bertz CT molecular complexity index is 856. The van der Waals surface area contributed by atoms with Crippen LogP contribution < -0.4 is 0 Å². The lowest BCUT2D eigenvalue weighted by molar-refractivity contribution is 0.803. The van der Waals surface area contributed by atoms with Crippen molar-refractivity contribution in [3.63, 3.8) is 0 Å². The van der Waals surface area contributed by atoms with Crippen molar-refractivity contribution in [1.29, 1.82) is 0 Å². The lowest BCUT2D eigenvalue weighted by atomic mass is 9.99. The Morgan fingerprint density at radius 1 is 1.09 bits per heavy atom. The van der Waals surface area contributed by atoms with Crippen LogP contribution in [0.1, 0.15) is 42.3 Å². The van der Waals surface area contributed by atoms with E-state index in [1.165, 1.54) is 0 Å². The van der Waals surface area contributed by atoms with Gasteiger partial charge in [-0.1, -0.05) is 19.8 Å². The number of nitrogens with zero attached hydrogens (tertiary/aromatic N) is 5. The quantitative estimate of drug-likeness (QED) is 0.683. The van der Waals surface area contributed by atoms with Crippen molar-refractivity contribution in [3.05, 3.63) is 65.8 Å². The zero-order chi connectivity index (χ0) is 16.2. The van der Waals surface area contributed by atoms with E-state index < -0.39 is 0 Å². The van der Waals surface area contributed by atoms with E-state index in [1.807, 2.05) is 25.3 Å². The molecule has 5 nitrogen and oxygen atoms in total. The minimum absolute atomic E-state index is 0.296. The molecule has 0 saturated carbocycles. The predicted octanol–water partition coefficient (Wildman–Crippen LogP) is 2.89. The molecule has 0 bridgehead atoms. The van der Waals surface area contributed by atoms with Crippen LogP contribution in [0.2, 0.25) is 0 Å². The van der Waals surface area contributed by atoms with E-state index in [1.54, 1.807) is 29.5 Å². The van der Waals surface area contributed by atoms with Crippen LogP contribution >= 0.6 is 0 Å². The molecule has 5 heteroatoms. The van der Waals surface area contributed by atoms with Gasteiger partial charge >= 0.3 is 0 Å². The fourth-order valence-electron chi connectivity index (χ4n) is 2.41. The highest BCUT2D eigenvalue weighted by atomic mass is 15.2. The van der Waals surface area contributed by atoms with Gasteiger partial charge < -0.3 is 0 Å². The number of hydrogen-bond acceptors (Lipinski definition) is 4. The van der Waals surface area contributed by atoms with Gasteiger partial charge in [-0.25, -0.2) is 15.0 Å². The molecule has 3 heterocycles. The summed E-state index contributed by atoms with van der Waals surface area (Å²) in [4.78, 5) is 17.3. The number of rotatable bonds is 2. The molecule has 0 radical (unpaired) electrons. The summed E-state index contributed by atoms with van der Waals surface area (Å²) in [6.45, 7) is 6.24. The summed E-state index contributed by atoms with van der Waals surface area (Å²) >= 11 is 0. The van der Waals surface area contributed by atoms with Gasteiger partial charge in [0.2, 0.25) is 5.95 Å². The third-order valence-corrected chi connectivity index (χ3v) is 3.42. The molecule has 0 aliphatic rings. The summed E-state index contributed by atoms with van der Waals surface area (Å²) in [5.74, 6) is 7.19. The van der Waals surface area contributed by atoms with Gasteiger partial charge in [0.15, 0.2) is 0 Å². The number of pyridine rings is 1. The number of aromatic nitrogens is 5. The Hall–Kier alpha value is -3.00. The first kappa shape index (κ1) is 14.9. The first-order chi connectivity index (χ1) is 11.1. The SMILES string of the molecule is Cc1nc(-n2ccnc2)nc(C#Cc2cccnc2)c1C(C)C. The molecule has 0 atom stereocenters. The van der Waals surface area contributed by atoms with Gasteiger partial charge in [-0.15, -0.1) is 0 Å². The average Bonchev–Trinajstić information content (AvgIpc) is 3.07. The minimum Gasteiger partial charge on any atom is -0.274 e. The molecule has 0 N–H and O–H groups in total. The standard InChI is InChI=1S/C18H17N5/c1-13(2)17-14(3)21-18(23-10-9-20-12-23)22-16(17)7-6-15-5-4-8-19-11-15/h4-5,8-13H,1-3H3. The number of aryl methyl sites for hydroxylation is 1. The van der Waals surface area contributed by atoms with Crippen LogP contribution in [-0.4, -0.2) is 24.5 Å². The van der Waals surface area contributed by atoms with Crippen molar-refractivity contribution in [1.82, 2.24) is 24.5 Å². The second kappa shape index (κ2) is 6.41. The van der Waals surface area contributed by atoms with Crippen LogP contribution in [-0.2, 0) is 0 Å². The van der Waals surface area contributed by atoms with Gasteiger partial charge in [0.05, 0.1) is 0 Å². The Morgan fingerprint density at radius 3 is 2.61 bits per heavy atom. The maximum Gasteiger partial charge on any atom is 0.236 e. The molecule has 0 fully saturated rings. The molecular weight excluding hydrogens is 286 g/mol. The van der Waals surface area contributed by atoms with Crippen LogP contribution in [0.25, 0.3) is 5.95 Å². The normalized spacial score (nSPS) is 10.4. The Labute approximate surface area is 135 Å². The maximum atomic E-state index is 4.63. The van der Waals surface area contributed by atoms with Crippen LogP contribution in [0, 0.1) is 18.8 Å². The predicted molar refractivity (Wildman–Crippen MR) is 88.2 cm³/mol. The largest absolute Gasteiger partial charge is 0.274 e. The molecule has 0 aliphatic carbocycles. The highest BCUT2D eigenvalue weighted by Gasteiger charge is 2.14. The number of hydrogen-bond donors (Lipinski definition) is 0. The zero-order valence-corrected chi connectivity index (χ0v) is 13.4. The van der Waals surface area contributed by atoms with Crippen LogP contribution in [0.15, 0.2) is 43.2 Å². The summed E-state index contributed by atoms with van der Waals surface area (Å²) in [5.41, 5.74) is 3.63. The maximum absolute atomic E-state index is 4.63. The monoisotopic (exact) mass is 303 g/mol. The van der Waals surface area contributed by atoms with Gasteiger partial charge in [-0.2, -0.15) is 0 Å². The Balaban J connectivity index is 2.11. The molecule has 0 aromatic carbocycles. The summed E-state index contributed by atoms with van der Waals surface area (Å²) < 4.78 is 1.78.